The van der Waals surface area contributed by atoms with E-state index in [-0.39, 0.29) is 0 Å². The molecule has 1 N–H and O–H groups in total. The second kappa shape index (κ2) is 3.71. The predicted molar refractivity (Wildman–Crippen MR) is 65.2 cm³/mol. The van der Waals surface area contributed by atoms with E-state index in [4.69, 9.17) is 0 Å². The maximum atomic E-state index is 3.54. The number of rotatable bonds is 2. The van der Waals surface area contributed by atoms with Gasteiger partial charge < -0.3 is 10.2 Å². The van der Waals surface area contributed by atoms with Crippen molar-refractivity contribution in [2.75, 3.05) is 32.7 Å². The van der Waals surface area contributed by atoms with E-state index in [9.17, 15) is 0 Å². The molecule has 2 saturated heterocycles. The molecule has 0 spiro atoms. The highest BCUT2D eigenvalue weighted by molar-refractivity contribution is 4.95. The van der Waals surface area contributed by atoms with E-state index in [1.165, 1.54) is 32.7 Å². The zero-order valence-electron chi connectivity index (χ0n) is 10.2. The second-order valence-corrected chi connectivity index (χ2v) is 6.83. The first-order chi connectivity index (χ1) is 7.88. The van der Waals surface area contributed by atoms with Crippen LogP contribution < -0.4 is 5.32 Å². The summed E-state index contributed by atoms with van der Waals surface area (Å²) >= 11 is 0. The van der Waals surface area contributed by atoms with Crippen molar-refractivity contribution in [2.45, 2.75) is 25.7 Å². The van der Waals surface area contributed by atoms with Gasteiger partial charge in [-0.15, -0.1) is 0 Å². The first-order valence-corrected chi connectivity index (χ1v) is 7.31. The topological polar surface area (TPSA) is 15.3 Å². The molecule has 2 aliphatic heterocycles. The molecule has 0 radical (unpaired) electrons. The molecule has 2 heteroatoms. The zero-order valence-corrected chi connectivity index (χ0v) is 10.2. The van der Waals surface area contributed by atoms with Gasteiger partial charge >= 0.3 is 0 Å². The maximum absolute atomic E-state index is 3.54. The van der Waals surface area contributed by atoms with E-state index in [0.717, 1.165) is 29.6 Å². The number of likely N-dealkylation sites (tertiary alicyclic amines) is 1. The largest absolute Gasteiger partial charge is 0.316 e. The molecule has 0 aromatic heterocycles. The lowest BCUT2D eigenvalue weighted by Crippen LogP contribution is -2.32. The van der Waals surface area contributed by atoms with Crippen molar-refractivity contribution in [3.8, 4) is 0 Å². The first-order valence-electron chi connectivity index (χ1n) is 7.31. The van der Waals surface area contributed by atoms with Gasteiger partial charge in [0.2, 0.25) is 0 Å². The summed E-state index contributed by atoms with van der Waals surface area (Å²) in [6.07, 6.45) is 6.25. The molecule has 90 valence electrons. The van der Waals surface area contributed by atoms with Crippen LogP contribution in [0.3, 0.4) is 0 Å². The van der Waals surface area contributed by atoms with E-state index in [1.54, 1.807) is 25.7 Å². The predicted octanol–water partition coefficient (Wildman–Crippen LogP) is 1.57. The van der Waals surface area contributed by atoms with Gasteiger partial charge in [-0.3, -0.25) is 0 Å². The highest BCUT2D eigenvalue weighted by atomic mass is 15.2. The van der Waals surface area contributed by atoms with Crippen LogP contribution in [0.25, 0.3) is 0 Å². The third-order valence-corrected chi connectivity index (χ3v) is 5.84. The van der Waals surface area contributed by atoms with Gasteiger partial charge in [0.15, 0.2) is 0 Å². The van der Waals surface area contributed by atoms with Crippen LogP contribution in [0.1, 0.15) is 25.7 Å². The zero-order chi connectivity index (χ0) is 10.5. The van der Waals surface area contributed by atoms with Crippen LogP contribution in [0, 0.1) is 29.6 Å². The highest BCUT2D eigenvalue weighted by Gasteiger charge is 2.42. The summed E-state index contributed by atoms with van der Waals surface area (Å²) in [6.45, 7) is 6.81. The standard InChI is InChI=1S/C14H24N2/c1-2-11-3-10(1)4-12(11)7-16-8-13-5-15-6-14(13)9-16/h10-15H,1-9H2. The molecule has 5 atom stereocenters. The Hall–Kier alpha value is -0.0800. The van der Waals surface area contributed by atoms with Gasteiger partial charge in [0.25, 0.3) is 0 Å². The molecular formula is C14H24N2. The average Bonchev–Trinajstić information content (AvgIpc) is 2.93. The summed E-state index contributed by atoms with van der Waals surface area (Å²) in [5.74, 6) is 5.28. The second-order valence-electron chi connectivity index (χ2n) is 6.83. The molecule has 4 rings (SSSR count). The third-order valence-electron chi connectivity index (χ3n) is 5.84. The summed E-state index contributed by atoms with van der Waals surface area (Å²) in [7, 11) is 0. The summed E-state index contributed by atoms with van der Waals surface area (Å²) in [5.41, 5.74) is 0. The van der Waals surface area contributed by atoms with Crippen molar-refractivity contribution >= 4 is 0 Å². The molecule has 5 unspecified atom stereocenters. The minimum atomic E-state index is 0.985. The van der Waals surface area contributed by atoms with Crippen molar-refractivity contribution < 1.29 is 0 Å². The van der Waals surface area contributed by atoms with E-state index in [0.29, 0.717) is 0 Å². The van der Waals surface area contributed by atoms with Crippen molar-refractivity contribution in [1.82, 2.24) is 10.2 Å². The van der Waals surface area contributed by atoms with Gasteiger partial charge in [0.1, 0.15) is 0 Å². The van der Waals surface area contributed by atoms with Crippen molar-refractivity contribution in [1.29, 1.82) is 0 Å². The van der Waals surface area contributed by atoms with Gasteiger partial charge in [-0.25, -0.2) is 0 Å². The molecule has 2 heterocycles. The van der Waals surface area contributed by atoms with Crippen LogP contribution in [0.15, 0.2) is 0 Å². The lowest BCUT2D eigenvalue weighted by Gasteiger charge is -2.27. The molecular weight excluding hydrogens is 196 g/mol. The van der Waals surface area contributed by atoms with Crippen LogP contribution in [0.2, 0.25) is 0 Å². The average molecular weight is 220 g/mol. The molecule has 2 aliphatic carbocycles. The molecule has 2 saturated carbocycles. The van der Waals surface area contributed by atoms with Crippen LogP contribution in [-0.2, 0) is 0 Å². The Bertz CT molecular complexity index is 266. The SMILES string of the molecule is C1CC2CC1CC2CN1CC2CNCC2C1. The Kier molecular flexibility index (Phi) is 2.29. The van der Waals surface area contributed by atoms with Crippen molar-refractivity contribution in [2.24, 2.45) is 29.6 Å². The molecule has 2 nitrogen and oxygen atoms in total. The number of hydrogen-bond acceptors (Lipinski definition) is 2. The van der Waals surface area contributed by atoms with Gasteiger partial charge in [-0.05, 0) is 61.9 Å². The van der Waals surface area contributed by atoms with E-state index >= 15 is 0 Å². The fourth-order valence-electron chi connectivity index (χ4n) is 5.03. The van der Waals surface area contributed by atoms with E-state index in [1.807, 2.05) is 0 Å². The Balaban J connectivity index is 1.35. The minimum Gasteiger partial charge on any atom is -0.316 e. The molecule has 0 aromatic carbocycles. The number of nitrogens with zero attached hydrogens (tertiary/aromatic N) is 1. The minimum absolute atomic E-state index is 0.985. The van der Waals surface area contributed by atoms with Gasteiger partial charge in [0.05, 0.1) is 0 Å². The summed E-state index contributed by atoms with van der Waals surface area (Å²) in [5, 5.41) is 3.54. The van der Waals surface area contributed by atoms with Gasteiger partial charge in [-0.1, -0.05) is 6.42 Å². The third kappa shape index (κ3) is 1.53. The van der Waals surface area contributed by atoms with Crippen molar-refractivity contribution in [3.05, 3.63) is 0 Å². The monoisotopic (exact) mass is 220 g/mol. The number of fused-ring (bicyclic) bond motifs is 3. The Morgan fingerprint density at radius 1 is 0.938 bits per heavy atom. The quantitative estimate of drug-likeness (QED) is 0.760. The molecule has 4 aliphatic rings. The Labute approximate surface area is 98.8 Å². The number of hydrogen-bond donors (Lipinski definition) is 1. The normalized spacial score (nSPS) is 51.4. The fourth-order valence-corrected chi connectivity index (χ4v) is 5.03. The van der Waals surface area contributed by atoms with Gasteiger partial charge in [-0.2, -0.15) is 0 Å². The smallest absolute Gasteiger partial charge is 0.00257 e. The van der Waals surface area contributed by atoms with E-state index < -0.39 is 0 Å². The summed E-state index contributed by atoms with van der Waals surface area (Å²) in [6, 6.07) is 0. The molecule has 16 heavy (non-hydrogen) atoms. The molecule has 0 amide bonds. The lowest BCUT2D eigenvalue weighted by atomic mass is 9.88. The molecule has 0 aromatic rings. The Morgan fingerprint density at radius 2 is 1.75 bits per heavy atom. The number of nitrogens with one attached hydrogen (secondary N) is 1. The Morgan fingerprint density at radius 3 is 2.38 bits per heavy atom. The van der Waals surface area contributed by atoms with Crippen LogP contribution >= 0.6 is 0 Å². The summed E-state index contributed by atoms with van der Waals surface area (Å²) < 4.78 is 0. The molecule has 4 fully saturated rings. The summed E-state index contributed by atoms with van der Waals surface area (Å²) in [4.78, 5) is 2.79. The maximum Gasteiger partial charge on any atom is 0.00257 e. The fraction of sp³-hybridized carbons (Fsp3) is 1.00. The van der Waals surface area contributed by atoms with Crippen LogP contribution in [0.4, 0.5) is 0 Å². The van der Waals surface area contributed by atoms with E-state index in [2.05, 4.69) is 10.2 Å². The van der Waals surface area contributed by atoms with Gasteiger partial charge in [0, 0.05) is 19.6 Å². The molecule has 2 bridgehead atoms. The van der Waals surface area contributed by atoms with Crippen molar-refractivity contribution in [3.63, 3.8) is 0 Å². The van der Waals surface area contributed by atoms with Crippen LogP contribution in [-0.4, -0.2) is 37.6 Å². The van der Waals surface area contributed by atoms with Crippen LogP contribution in [0.5, 0.6) is 0 Å². The lowest BCUT2D eigenvalue weighted by molar-refractivity contribution is 0.210. The first kappa shape index (κ1) is 9.90. The highest BCUT2D eigenvalue weighted by Crippen LogP contribution is 2.48.